The van der Waals surface area contributed by atoms with Gasteiger partial charge in [0.15, 0.2) is 5.78 Å². The van der Waals surface area contributed by atoms with Crippen molar-refractivity contribution >= 4 is 23.3 Å². The van der Waals surface area contributed by atoms with Crippen molar-refractivity contribution in [1.82, 2.24) is 9.88 Å². The third-order valence-electron chi connectivity index (χ3n) is 4.58. The van der Waals surface area contributed by atoms with E-state index in [2.05, 4.69) is 5.32 Å². The van der Waals surface area contributed by atoms with Crippen molar-refractivity contribution in [1.29, 1.82) is 0 Å². The van der Waals surface area contributed by atoms with Gasteiger partial charge >= 0.3 is 0 Å². The van der Waals surface area contributed by atoms with E-state index >= 15 is 0 Å². The molecule has 1 aromatic heterocycles. The number of pyridine rings is 1. The quantitative estimate of drug-likeness (QED) is 0.897. The van der Waals surface area contributed by atoms with E-state index in [4.69, 9.17) is 11.6 Å². The van der Waals surface area contributed by atoms with Gasteiger partial charge in [-0.25, -0.2) is 0 Å². The highest BCUT2D eigenvalue weighted by Gasteiger charge is 2.35. The lowest BCUT2D eigenvalue weighted by molar-refractivity contribution is 0.0909. The fourth-order valence-electron chi connectivity index (χ4n) is 3.42. The van der Waals surface area contributed by atoms with Crippen molar-refractivity contribution in [2.45, 2.75) is 33.6 Å². The monoisotopic (exact) mass is 372 g/mol. The Bertz CT molecular complexity index is 943. The zero-order valence-electron chi connectivity index (χ0n) is 15.1. The summed E-state index contributed by atoms with van der Waals surface area (Å²) in [5.41, 5.74) is 0.894. The van der Waals surface area contributed by atoms with Crippen LogP contribution in [0.1, 0.15) is 53.5 Å². The predicted molar refractivity (Wildman–Crippen MR) is 101 cm³/mol. The molecule has 136 valence electrons. The molecular weight excluding hydrogens is 352 g/mol. The summed E-state index contributed by atoms with van der Waals surface area (Å²) in [5, 5.41) is 3.24. The second-order valence-electron chi connectivity index (χ2n) is 7.35. The maximum Gasteiger partial charge on any atom is 0.268 e. The third-order valence-corrected chi connectivity index (χ3v) is 4.83. The van der Waals surface area contributed by atoms with E-state index in [-0.39, 0.29) is 16.8 Å². The van der Waals surface area contributed by atoms with E-state index in [1.807, 2.05) is 13.8 Å². The summed E-state index contributed by atoms with van der Waals surface area (Å²) in [5.74, 6) is -0.493. The number of hydrogen-bond acceptors (Lipinski definition) is 3. The largest absolute Gasteiger partial charge is 0.352 e. The van der Waals surface area contributed by atoms with Crippen LogP contribution in [0, 0.1) is 5.41 Å². The SMILES string of the molecule is CCNC(=O)c1c2c(cn(-c3ccc(Cl)cc3)c1=O)C(=O)CC(C)(C)C2. The van der Waals surface area contributed by atoms with Gasteiger partial charge in [-0.05, 0) is 48.6 Å². The first kappa shape index (κ1) is 18.4. The Labute approximate surface area is 157 Å². The Hall–Kier alpha value is -2.40. The van der Waals surface area contributed by atoms with E-state index in [0.717, 1.165) is 0 Å². The van der Waals surface area contributed by atoms with Crippen LogP contribution in [0.2, 0.25) is 5.02 Å². The third kappa shape index (κ3) is 3.31. The number of amides is 1. The lowest BCUT2D eigenvalue weighted by Crippen LogP contribution is -2.39. The molecule has 0 bridgehead atoms. The molecule has 0 atom stereocenters. The average molecular weight is 373 g/mol. The zero-order valence-corrected chi connectivity index (χ0v) is 15.8. The molecule has 1 N–H and O–H groups in total. The van der Waals surface area contributed by atoms with Crippen LogP contribution in [0.25, 0.3) is 5.69 Å². The van der Waals surface area contributed by atoms with Gasteiger partial charge < -0.3 is 5.32 Å². The zero-order chi connectivity index (χ0) is 19.1. The molecule has 3 rings (SSSR count). The van der Waals surface area contributed by atoms with Gasteiger partial charge in [-0.1, -0.05) is 25.4 Å². The van der Waals surface area contributed by atoms with E-state index < -0.39 is 11.5 Å². The molecular formula is C20H21ClN2O3. The number of nitrogens with one attached hydrogen (secondary N) is 1. The Morgan fingerprint density at radius 3 is 2.46 bits per heavy atom. The van der Waals surface area contributed by atoms with Crippen LogP contribution in [0.5, 0.6) is 0 Å². The maximum absolute atomic E-state index is 13.1. The van der Waals surface area contributed by atoms with E-state index in [1.54, 1.807) is 37.4 Å². The molecule has 0 saturated carbocycles. The smallest absolute Gasteiger partial charge is 0.268 e. The molecule has 0 aliphatic heterocycles. The lowest BCUT2D eigenvalue weighted by Gasteiger charge is -2.31. The Morgan fingerprint density at radius 2 is 1.85 bits per heavy atom. The number of aromatic nitrogens is 1. The number of benzene rings is 1. The minimum Gasteiger partial charge on any atom is -0.352 e. The van der Waals surface area contributed by atoms with Crippen LogP contribution < -0.4 is 10.9 Å². The van der Waals surface area contributed by atoms with Crippen LogP contribution in [0.15, 0.2) is 35.3 Å². The first-order valence-electron chi connectivity index (χ1n) is 8.59. The van der Waals surface area contributed by atoms with Crippen LogP contribution in [0.4, 0.5) is 0 Å². The molecule has 1 amide bonds. The summed E-state index contributed by atoms with van der Waals surface area (Å²) >= 11 is 5.93. The molecule has 2 aromatic rings. The molecule has 1 aromatic carbocycles. The number of nitrogens with zero attached hydrogens (tertiary/aromatic N) is 1. The van der Waals surface area contributed by atoms with Gasteiger partial charge in [-0.15, -0.1) is 0 Å². The molecule has 1 aliphatic rings. The van der Waals surface area contributed by atoms with Gasteiger partial charge in [-0.2, -0.15) is 0 Å². The molecule has 0 saturated heterocycles. The van der Waals surface area contributed by atoms with Crippen LogP contribution >= 0.6 is 11.6 Å². The molecule has 0 radical (unpaired) electrons. The highest BCUT2D eigenvalue weighted by molar-refractivity contribution is 6.30. The molecule has 0 unspecified atom stereocenters. The maximum atomic E-state index is 13.1. The second-order valence-corrected chi connectivity index (χ2v) is 7.78. The van der Waals surface area contributed by atoms with Crippen LogP contribution in [0.3, 0.4) is 0 Å². The number of hydrogen-bond donors (Lipinski definition) is 1. The Morgan fingerprint density at radius 1 is 1.19 bits per heavy atom. The Balaban J connectivity index is 2.30. The van der Waals surface area contributed by atoms with Crippen molar-refractivity contribution < 1.29 is 9.59 Å². The number of rotatable bonds is 3. The number of halogens is 1. The van der Waals surface area contributed by atoms with Crippen molar-refractivity contribution in [3.8, 4) is 5.69 Å². The molecule has 1 heterocycles. The lowest BCUT2D eigenvalue weighted by atomic mass is 9.73. The van der Waals surface area contributed by atoms with Crippen molar-refractivity contribution in [2.75, 3.05) is 6.54 Å². The Kier molecular flexibility index (Phi) is 4.76. The van der Waals surface area contributed by atoms with E-state index in [0.29, 0.717) is 41.2 Å². The first-order chi connectivity index (χ1) is 12.2. The van der Waals surface area contributed by atoms with Gasteiger partial charge in [0.05, 0.1) is 0 Å². The number of carbonyl (C=O) groups is 2. The fraction of sp³-hybridized carbons (Fsp3) is 0.350. The summed E-state index contributed by atoms with van der Waals surface area (Å²) in [4.78, 5) is 38.5. The molecule has 26 heavy (non-hydrogen) atoms. The minimum absolute atomic E-state index is 0.0514. The van der Waals surface area contributed by atoms with Gasteiger partial charge in [0, 0.05) is 35.4 Å². The van der Waals surface area contributed by atoms with Gasteiger partial charge in [-0.3, -0.25) is 19.0 Å². The summed E-state index contributed by atoms with van der Waals surface area (Å²) in [6.45, 7) is 6.14. The summed E-state index contributed by atoms with van der Waals surface area (Å²) in [7, 11) is 0. The number of carbonyl (C=O) groups excluding carboxylic acids is 2. The molecule has 0 spiro atoms. The summed E-state index contributed by atoms with van der Waals surface area (Å²) in [6.07, 6.45) is 2.45. The summed E-state index contributed by atoms with van der Waals surface area (Å²) < 4.78 is 1.36. The normalized spacial score (nSPS) is 15.5. The topological polar surface area (TPSA) is 68.2 Å². The summed E-state index contributed by atoms with van der Waals surface area (Å²) in [6, 6.07) is 6.71. The number of Topliss-reactive ketones (excluding diaryl/α,β-unsaturated/α-hetero) is 1. The van der Waals surface area contributed by atoms with E-state index in [1.165, 1.54) is 4.57 Å². The van der Waals surface area contributed by atoms with Crippen molar-refractivity contribution in [3.63, 3.8) is 0 Å². The van der Waals surface area contributed by atoms with Gasteiger partial charge in [0.2, 0.25) is 0 Å². The second kappa shape index (κ2) is 6.72. The van der Waals surface area contributed by atoms with Crippen LogP contribution in [-0.2, 0) is 6.42 Å². The van der Waals surface area contributed by atoms with Gasteiger partial charge in [0.25, 0.3) is 11.5 Å². The average Bonchev–Trinajstić information content (AvgIpc) is 2.54. The van der Waals surface area contributed by atoms with Gasteiger partial charge in [0.1, 0.15) is 5.56 Å². The molecule has 0 fully saturated rings. The van der Waals surface area contributed by atoms with Crippen LogP contribution in [-0.4, -0.2) is 22.8 Å². The number of ketones is 1. The van der Waals surface area contributed by atoms with Crippen molar-refractivity contribution in [2.24, 2.45) is 5.41 Å². The standard InChI is InChI=1S/C20H21ClN2O3/c1-4-22-18(25)17-14-9-20(2,3)10-16(24)15(14)11-23(19(17)26)13-7-5-12(21)6-8-13/h5-8,11H,4,9-10H2,1-3H3,(H,22,25). The first-order valence-corrected chi connectivity index (χ1v) is 8.97. The van der Waals surface area contributed by atoms with Crippen molar-refractivity contribution in [3.05, 3.63) is 62.5 Å². The number of fused-ring (bicyclic) bond motifs is 1. The molecule has 1 aliphatic carbocycles. The minimum atomic E-state index is -0.442. The predicted octanol–water partition coefficient (Wildman–Crippen LogP) is 3.40. The highest BCUT2D eigenvalue weighted by Crippen LogP contribution is 2.35. The fourth-order valence-corrected chi connectivity index (χ4v) is 3.55. The molecule has 6 heteroatoms. The highest BCUT2D eigenvalue weighted by atomic mass is 35.5. The van der Waals surface area contributed by atoms with E-state index in [9.17, 15) is 14.4 Å². The molecule has 5 nitrogen and oxygen atoms in total.